The lowest BCUT2D eigenvalue weighted by Crippen LogP contribution is -2.47. The summed E-state index contributed by atoms with van der Waals surface area (Å²) in [6.07, 6.45) is 0.792. The van der Waals surface area contributed by atoms with Gasteiger partial charge in [-0.3, -0.25) is 9.59 Å². The van der Waals surface area contributed by atoms with Crippen molar-refractivity contribution in [2.45, 2.75) is 44.2 Å². The highest BCUT2D eigenvalue weighted by Crippen LogP contribution is 2.10. The van der Waals surface area contributed by atoms with Crippen LogP contribution in [-0.2, 0) is 19.6 Å². The first-order chi connectivity index (χ1) is 12.2. The minimum absolute atomic E-state index is 0.0250. The van der Waals surface area contributed by atoms with Crippen LogP contribution in [0.5, 0.6) is 0 Å². The predicted molar refractivity (Wildman–Crippen MR) is 98.3 cm³/mol. The highest BCUT2D eigenvalue weighted by atomic mass is 32.2. The van der Waals surface area contributed by atoms with Crippen LogP contribution in [0.4, 0.5) is 0 Å². The average molecular weight is 385 g/mol. The Balaban J connectivity index is 2.70. The number of nitrogens with one attached hydrogen (secondary N) is 3. The third-order valence-corrected chi connectivity index (χ3v) is 5.24. The highest BCUT2D eigenvalue weighted by Gasteiger charge is 2.19. The monoisotopic (exact) mass is 385 g/mol. The second-order valence-electron chi connectivity index (χ2n) is 5.93. The number of methoxy groups -OCH3 is 1. The molecule has 2 atom stereocenters. The molecule has 2 unspecified atom stereocenters. The first-order valence-electron chi connectivity index (χ1n) is 8.41. The Labute approximate surface area is 154 Å². The van der Waals surface area contributed by atoms with Gasteiger partial charge in [-0.2, -0.15) is 0 Å². The van der Waals surface area contributed by atoms with Crippen LogP contribution in [0.25, 0.3) is 0 Å². The molecule has 0 bridgehead atoms. The maximum atomic E-state index is 12.2. The molecule has 0 heterocycles. The minimum Gasteiger partial charge on any atom is -0.383 e. The van der Waals surface area contributed by atoms with Crippen LogP contribution in [0, 0.1) is 0 Å². The van der Waals surface area contributed by atoms with Crippen LogP contribution in [0.2, 0.25) is 0 Å². The number of hydrogen-bond donors (Lipinski definition) is 3. The van der Waals surface area contributed by atoms with E-state index < -0.39 is 22.0 Å². The SMILES string of the molecule is CCC(C)NC(=O)C(C)NC(=O)c1ccc(S(=O)(=O)NCCOC)cc1. The van der Waals surface area contributed by atoms with E-state index in [1.54, 1.807) is 6.92 Å². The molecule has 0 aliphatic heterocycles. The molecular formula is C17H27N3O5S. The van der Waals surface area contributed by atoms with E-state index in [4.69, 9.17) is 4.74 Å². The van der Waals surface area contributed by atoms with Crippen LogP contribution in [0.1, 0.15) is 37.6 Å². The molecule has 0 radical (unpaired) electrons. The Morgan fingerprint density at radius 2 is 1.73 bits per heavy atom. The maximum absolute atomic E-state index is 12.2. The number of ether oxygens (including phenoxy) is 1. The van der Waals surface area contributed by atoms with Crippen molar-refractivity contribution in [2.24, 2.45) is 0 Å². The summed E-state index contributed by atoms with van der Waals surface area (Å²) in [6, 6.07) is 4.81. The Kier molecular flexibility index (Phi) is 8.70. The van der Waals surface area contributed by atoms with E-state index in [0.717, 1.165) is 6.42 Å². The molecule has 2 amide bonds. The fraction of sp³-hybridized carbons (Fsp3) is 0.529. The summed E-state index contributed by atoms with van der Waals surface area (Å²) in [5.41, 5.74) is 0.268. The summed E-state index contributed by atoms with van der Waals surface area (Å²) >= 11 is 0. The fourth-order valence-corrected chi connectivity index (χ4v) is 2.98. The first kappa shape index (κ1) is 22.1. The molecule has 1 aromatic carbocycles. The zero-order chi connectivity index (χ0) is 19.7. The van der Waals surface area contributed by atoms with Gasteiger partial charge in [0.2, 0.25) is 15.9 Å². The van der Waals surface area contributed by atoms with Crippen LogP contribution < -0.4 is 15.4 Å². The lowest BCUT2D eigenvalue weighted by Gasteiger charge is -2.17. The summed E-state index contributed by atoms with van der Waals surface area (Å²) in [7, 11) is -2.18. The largest absolute Gasteiger partial charge is 0.383 e. The third-order valence-electron chi connectivity index (χ3n) is 3.77. The molecule has 146 valence electrons. The zero-order valence-corrected chi connectivity index (χ0v) is 16.4. The van der Waals surface area contributed by atoms with Crippen LogP contribution >= 0.6 is 0 Å². The van der Waals surface area contributed by atoms with Gasteiger partial charge < -0.3 is 15.4 Å². The van der Waals surface area contributed by atoms with Crippen molar-refractivity contribution in [1.29, 1.82) is 0 Å². The van der Waals surface area contributed by atoms with Crippen LogP contribution in [0.15, 0.2) is 29.2 Å². The van der Waals surface area contributed by atoms with E-state index in [0.29, 0.717) is 0 Å². The zero-order valence-electron chi connectivity index (χ0n) is 15.5. The number of carbonyl (C=O) groups excluding carboxylic acids is 2. The summed E-state index contributed by atoms with van der Waals surface area (Å²) in [5, 5.41) is 5.38. The smallest absolute Gasteiger partial charge is 0.251 e. The Morgan fingerprint density at radius 1 is 1.12 bits per heavy atom. The lowest BCUT2D eigenvalue weighted by molar-refractivity contribution is -0.123. The molecule has 0 aromatic heterocycles. The van der Waals surface area contributed by atoms with Gasteiger partial charge in [-0.15, -0.1) is 0 Å². The van der Waals surface area contributed by atoms with E-state index in [2.05, 4.69) is 15.4 Å². The summed E-state index contributed by atoms with van der Waals surface area (Å²) in [5.74, 6) is -0.720. The normalized spacial score (nSPS) is 13.7. The number of sulfonamides is 1. The molecule has 0 spiro atoms. The molecule has 0 fully saturated rings. The van der Waals surface area contributed by atoms with Gasteiger partial charge in [-0.05, 0) is 44.5 Å². The molecule has 0 aliphatic carbocycles. The second kappa shape index (κ2) is 10.2. The summed E-state index contributed by atoms with van der Waals surface area (Å²) in [4.78, 5) is 24.2. The minimum atomic E-state index is -3.65. The maximum Gasteiger partial charge on any atom is 0.251 e. The number of amides is 2. The number of rotatable bonds is 10. The molecule has 8 nitrogen and oxygen atoms in total. The van der Waals surface area contributed by atoms with Crippen molar-refractivity contribution in [3.8, 4) is 0 Å². The molecule has 0 saturated carbocycles. The molecular weight excluding hydrogens is 358 g/mol. The fourth-order valence-electron chi connectivity index (χ4n) is 1.96. The number of hydrogen-bond acceptors (Lipinski definition) is 5. The molecule has 0 aliphatic rings. The van der Waals surface area contributed by atoms with Crippen LogP contribution in [-0.4, -0.2) is 52.6 Å². The van der Waals surface area contributed by atoms with E-state index in [-0.39, 0.29) is 35.6 Å². The topological polar surface area (TPSA) is 114 Å². The Morgan fingerprint density at radius 3 is 2.27 bits per heavy atom. The van der Waals surface area contributed by atoms with Crippen molar-refractivity contribution in [3.05, 3.63) is 29.8 Å². The molecule has 0 saturated heterocycles. The van der Waals surface area contributed by atoms with Crippen molar-refractivity contribution in [1.82, 2.24) is 15.4 Å². The Bertz CT molecular complexity index is 704. The van der Waals surface area contributed by atoms with Crippen LogP contribution in [0.3, 0.4) is 0 Å². The first-order valence-corrected chi connectivity index (χ1v) is 9.89. The van der Waals surface area contributed by atoms with Crippen molar-refractivity contribution in [3.63, 3.8) is 0 Å². The van der Waals surface area contributed by atoms with E-state index in [1.807, 2.05) is 13.8 Å². The van der Waals surface area contributed by atoms with Gasteiger partial charge in [0.25, 0.3) is 5.91 Å². The van der Waals surface area contributed by atoms with Gasteiger partial charge in [0.15, 0.2) is 0 Å². The van der Waals surface area contributed by atoms with Gasteiger partial charge in [0.05, 0.1) is 11.5 Å². The number of benzene rings is 1. The second-order valence-corrected chi connectivity index (χ2v) is 7.69. The van der Waals surface area contributed by atoms with E-state index in [1.165, 1.54) is 31.4 Å². The predicted octanol–water partition coefficient (Wildman–Crippen LogP) is 0.644. The highest BCUT2D eigenvalue weighted by molar-refractivity contribution is 7.89. The van der Waals surface area contributed by atoms with E-state index >= 15 is 0 Å². The van der Waals surface area contributed by atoms with E-state index in [9.17, 15) is 18.0 Å². The molecule has 9 heteroatoms. The summed E-state index contributed by atoms with van der Waals surface area (Å²) < 4.78 is 31.3. The standard InChI is InChI=1S/C17H27N3O5S/c1-5-12(2)19-16(21)13(3)20-17(22)14-6-8-15(9-7-14)26(23,24)18-10-11-25-4/h6-9,12-13,18H,5,10-11H2,1-4H3,(H,19,21)(H,20,22). The molecule has 26 heavy (non-hydrogen) atoms. The van der Waals surface area contributed by atoms with Gasteiger partial charge >= 0.3 is 0 Å². The molecule has 1 rings (SSSR count). The quantitative estimate of drug-likeness (QED) is 0.512. The molecule has 1 aromatic rings. The van der Waals surface area contributed by atoms with Gasteiger partial charge in [-0.25, -0.2) is 13.1 Å². The van der Waals surface area contributed by atoms with Gasteiger partial charge in [0, 0.05) is 25.3 Å². The van der Waals surface area contributed by atoms with Gasteiger partial charge in [0.1, 0.15) is 6.04 Å². The molecule has 3 N–H and O–H groups in total. The van der Waals surface area contributed by atoms with Crippen molar-refractivity contribution < 1.29 is 22.7 Å². The van der Waals surface area contributed by atoms with Crippen molar-refractivity contribution in [2.75, 3.05) is 20.3 Å². The average Bonchev–Trinajstić information content (AvgIpc) is 2.61. The Hall–Kier alpha value is -1.97. The lowest BCUT2D eigenvalue weighted by atomic mass is 10.2. The summed E-state index contributed by atoms with van der Waals surface area (Å²) in [6.45, 7) is 5.84. The third kappa shape index (κ3) is 6.74. The van der Waals surface area contributed by atoms with Gasteiger partial charge in [-0.1, -0.05) is 6.92 Å². The number of carbonyl (C=O) groups is 2. The van der Waals surface area contributed by atoms with Crippen molar-refractivity contribution >= 4 is 21.8 Å².